The van der Waals surface area contributed by atoms with Crippen molar-refractivity contribution >= 4 is 22.6 Å². The zero-order chi connectivity index (χ0) is 24.0. The van der Waals surface area contributed by atoms with Crippen molar-refractivity contribution in [3.8, 4) is 0 Å². The van der Waals surface area contributed by atoms with Gasteiger partial charge in [0.2, 0.25) is 5.43 Å². The van der Waals surface area contributed by atoms with Crippen LogP contribution < -0.4 is 15.6 Å². The van der Waals surface area contributed by atoms with Crippen LogP contribution in [-0.2, 0) is 12.1 Å². The molecule has 9 heteroatoms. The highest BCUT2D eigenvalue weighted by molar-refractivity contribution is 5.95. The van der Waals surface area contributed by atoms with Crippen molar-refractivity contribution in [2.24, 2.45) is 0 Å². The van der Waals surface area contributed by atoms with Crippen LogP contribution in [0.5, 0.6) is 0 Å². The lowest BCUT2D eigenvalue weighted by molar-refractivity contribution is 0.0695. The molecule has 0 amide bonds. The van der Waals surface area contributed by atoms with Gasteiger partial charge in [-0.3, -0.25) is 4.79 Å². The number of halogens is 2. The number of H-pyrrole nitrogens is 1. The van der Waals surface area contributed by atoms with Crippen LogP contribution in [0.4, 0.5) is 14.5 Å². The third-order valence-corrected chi connectivity index (χ3v) is 6.94. The molecule has 3 N–H and O–H groups in total. The van der Waals surface area contributed by atoms with Crippen LogP contribution in [0, 0.1) is 11.6 Å². The van der Waals surface area contributed by atoms with Gasteiger partial charge in [0.25, 0.3) is 0 Å². The number of fused-ring (bicyclic) bond motifs is 1. The fourth-order valence-electron chi connectivity index (χ4n) is 4.81. The lowest BCUT2D eigenvalue weighted by Gasteiger charge is -2.35. The van der Waals surface area contributed by atoms with Gasteiger partial charge in [-0.05, 0) is 25.5 Å². The van der Waals surface area contributed by atoms with Gasteiger partial charge >= 0.3 is 5.97 Å². The van der Waals surface area contributed by atoms with Gasteiger partial charge in [-0.25, -0.2) is 13.6 Å². The number of anilines is 1. The van der Waals surface area contributed by atoms with Gasteiger partial charge < -0.3 is 25.2 Å². The van der Waals surface area contributed by atoms with Gasteiger partial charge in [-0.2, -0.15) is 0 Å². The molecule has 2 heterocycles. The molecule has 178 valence electrons. The smallest absolute Gasteiger partial charge is 0.341 e. The predicted molar refractivity (Wildman–Crippen MR) is 125 cm³/mol. The number of hydrogen-bond acceptors (Lipinski definition) is 5. The Morgan fingerprint density at radius 2 is 1.79 bits per heavy atom. The van der Waals surface area contributed by atoms with Crippen LogP contribution in [0.1, 0.15) is 34.3 Å². The summed E-state index contributed by atoms with van der Waals surface area (Å²) in [6.07, 6.45) is 2.09. The Balaban J connectivity index is 1.70. The van der Waals surface area contributed by atoms with E-state index in [1.165, 1.54) is 0 Å². The molecule has 3 aromatic rings. The second-order valence-corrected chi connectivity index (χ2v) is 9.15. The van der Waals surface area contributed by atoms with Crippen LogP contribution in [0.3, 0.4) is 0 Å². The Morgan fingerprint density at radius 3 is 2.41 bits per heavy atom. The molecule has 1 aromatic heterocycles. The molecular formula is C25H26F2N4O3. The quantitative estimate of drug-likeness (QED) is 0.516. The van der Waals surface area contributed by atoms with Crippen molar-refractivity contribution in [2.45, 2.75) is 24.9 Å². The number of aromatic carboxylic acids is 1. The normalized spacial score (nSPS) is 17.8. The third kappa shape index (κ3) is 3.74. The van der Waals surface area contributed by atoms with Crippen molar-refractivity contribution in [2.75, 3.05) is 38.1 Å². The van der Waals surface area contributed by atoms with E-state index in [1.54, 1.807) is 4.90 Å². The standard InChI is InChI=1S/C25H26F2N4O3/c1-30-9-11-31(12-10-30)22-19(26)18(25(7-8-25)29-13-15-5-3-2-4-6-15)17-21(20(22)27)28-14-16(23(17)32)24(33)34/h2-6,14,29H,7-13H2,1H3,(H,28,32)(H,33,34). The number of carboxylic acids is 1. The minimum absolute atomic E-state index is 0.0538. The summed E-state index contributed by atoms with van der Waals surface area (Å²) < 4.78 is 32.0. The molecule has 2 fully saturated rings. The molecule has 0 radical (unpaired) electrons. The Morgan fingerprint density at radius 1 is 1.12 bits per heavy atom. The van der Waals surface area contributed by atoms with E-state index in [2.05, 4.69) is 15.2 Å². The van der Waals surface area contributed by atoms with Gasteiger partial charge in [0.1, 0.15) is 11.3 Å². The van der Waals surface area contributed by atoms with Crippen molar-refractivity contribution in [1.29, 1.82) is 0 Å². The monoisotopic (exact) mass is 468 g/mol. The number of aromatic nitrogens is 1. The van der Waals surface area contributed by atoms with E-state index in [1.807, 2.05) is 37.4 Å². The van der Waals surface area contributed by atoms with Gasteiger partial charge in [0.05, 0.1) is 10.9 Å². The molecule has 1 aliphatic carbocycles. The predicted octanol–water partition coefficient (Wildman–Crippen LogP) is 3.04. The first-order chi connectivity index (χ1) is 16.3. The number of nitrogens with one attached hydrogen (secondary N) is 2. The van der Waals surface area contributed by atoms with Crippen LogP contribution in [-0.4, -0.2) is 54.2 Å². The van der Waals surface area contributed by atoms with E-state index in [0.29, 0.717) is 45.6 Å². The Hall–Kier alpha value is -3.30. The number of piperazine rings is 1. The zero-order valence-electron chi connectivity index (χ0n) is 18.8. The maximum absolute atomic E-state index is 16.3. The maximum atomic E-state index is 16.3. The maximum Gasteiger partial charge on any atom is 0.341 e. The summed E-state index contributed by atoms with van der Waals surface area (Å²) in [7, 11) is 1.95. The molecule has 0 atom stereocenters. The van der Waals surface area contributed by atoms with E-state index in [4.69, 9.17) is 0 Å². The lowest BCUT2D eigenvalue weighted by atomic mass is 9.94. The number of aromatic amines is 1. The molecular weight excluding hydrogens is 442 g/mol. The molecule has 2 aromatic carbocycles. The summed E-state index contributed by atoms with van der Waals surface area (Å²) in [4.78, 5) is 31.2. The van der Waals surface area contributed by atoms with Gasteiger partial charge in [0, 0.05) is 50.0 Å². The molecule has 2 aliphatic rings. The highest BCUT2D eigenvalue weighted by Crippen LogP contribution is 2.51. The van der Waals surface area contributed by atoms with Gasteiger partial charge in [-0.15, -0.1) is 0 Å². The van der Waals surface area contributed by atoms with Gasteiger partial charge in [-0.1, -0.05) is 30.3 Å². The van der Waals surface area contributed by atoms with Crippen molar-refractivity contribution < 1.29 is 18.7 Å². The fraction of sp³-hybridized carbons (Fsp3) is 0.360. The summed E-state index contributed by atoms with van der Waals surface area (Å²) >= 11 is 0. The van der Waals surface area contributed by atoms with E-state index >= 15 is 8.78 Å². The Labute approximate surface area is 195 Å². The minimum Gasteiger partial charge on any atom is -0.477 e. The average molecular weight is 469 g/mol. The minimum atomic E-state index is -1.44. The van der Waals surface area contributed by atoms with Crippen molar-refractivity contribution in [3.63, 3.8) is 0 Å². The molecule has 5 rings (SSSR count). The zero-order valence-corrected chi connectivity index (χ0v) is 18.8. The summed E-state index contributed by atoms with van der Waals surface area (Å²) in [5.74, 6) is -3.10. The summed E-state index contributed by atoms with van der Waals surface area (Å²) in [6, 6.07) is 9.58. The summed E-state index contributed by atoms with van der Waals surface area (Å²) in [5, 5.41) is 12.6. The van der Waals surface area contributed by atoms with Gasteiger partial charge in [0.15, 0.2) is 11.6 Å². The number of likely N-dealkylation sites (N-methyl/N-ethyl adjacent to an activating group) is 1. The number of benzene rings is 2. The fourth-order valence-corrected chi connectivity index (χ4v) is 4.81. The topological polar surface area (TPSA) is 88.7 Å². The number of carbonyl (C=O) groups is 1. The lowest BCUT2D eigenvalue weighted by Crippen LogP contribution is -2.45. The Bertz CT molecular complexity index is 1310. The van der Waals surface area contributed by atoms with E-state index < -0.39 is 34.1 Å². The number of hydrogen-bond donors (Lipinski definition) is 3. The third-order valence-electron chi connectivity index (χ3n) is 6.94. The van der Waals surface area contributed by atoms with Crippen LogP contribution >= 0.6 is 0 Å². The second kappa shape index (κ2) is 8.48. The second-order valence-electron chi connectivity index (χ2n) is 9.15. The molecule has 1 saturated carbocycles. The number of pyridine rings is 1. The SMILES string of the molecule is CN1CCN(c2c(F)c(C3(NCc4ccccc4)CC3)c3c(=O)c(C(=O)O)c[nH]c3c2F)CC1. The van der Waals surface area contributed by atoms with Crippen LogP contribution in [0.15, 0.2) is 41.3 Å². The molecule has 0 bridgehead atoms. The van der Waals surface area contributed by atoms with Crippen LogP contribution in [0.25, 0.3) is 10.9 Å². The molecule has 1 aliphatic heterocycles. The Kier molecular flexibility index (Phi) is 5.61. The first-order valence-corrected chi connectivity index (χ1v) is 11.3. The highest BCUT2D eigenvalue weighted by atomic mass is 19.1. The molecule has 1 saturated heterocycles. The number of carboxylic acid groups (broad SMARTS) is 1. The average Bonchev–Trinajstić information content (AvgIpc) is 3.61. The highest BCUT2D eigenvalue weighted by Gasteiger charge is 2.49. The number of rotatable bonds is 6. The first-order valence-electron chi connectivity index (χ1n) is 11.3. The summed E-state index contributed by atoms with van der Waals surface area (Å²) in [6.45, 7) is 2.62. The van der Waals surface area contributed by atoms with Crippen molar-refractivity contribution in [3.05, 3.63) is 75.1 Å². The van der Waals surface area contributed by atoms with Crippen LogP contribution in [0.2, 0.25) is 0 Å². The van der Waals surface area contributed by atoms with E-state index in [9.17, 15) is 14.7 Å². The van der Waals surface area contributed by atoms with E-state index in [0.717, 1.165) is 11.8 Å². The van der Waals surface area contributed by atoms with E-state index in [-0.39, 0.29) is 22.2 Å². The number of nitrogens with zero attached hydrogens (tertiary/aromatic N) is 2. The van der Waals surface area contributed by atoms with Crippen molar-refractivity contribution in [1.82, 2.24) is 15.2 Å². The molecule has 7 nitrogen and oxygen atoms in total. The molecule has 0 spiro atoms. The summed E-state index contributed by atoms with van der Waals surface area (Å²) in [5.41, 5.74) is -1.59. The first kappa shape index (κ1) is 22.5. The molecule has 0 unspecified atom stereocenters. The largest absolute Gasteiger partial charge is 0.477 e. The molecule has 34 heavy (non-hydrogen) atoms.